The Balaban J connectivity index is 3.28. The molecule has 5 nitrogen and oxygen atoms in total. The minimum Gasteiger partial charge on any atom is -0.476 e. The van der Waals surface area contributed by atoms with E-state index < -0.39 is 5.97 Å². The van der Waals surface area contributed by atoms with Crippen LogP contribution in [0.1, 0.15) is 10.5 Å². The van der Waals surface area contributed by atoms with E-state index in [1.54, 1.807) is 7.05 Å². The van der Waals surface area contributed by atoms with Gasteiger partial charge < -0.3 is 15.4 Å². The highest BCUT2D eigenvalue weighted by atomic mass is 32.2. The van der Waals surface area contributed by atoms with Crippen molar-refractivity contribution in [2.45, 2.75) is 5.16 Å². The van der Waals surface area contributed by atoms with Gasteiger partial charge in [-0.15, -0.1) is 0 Å². The van der Waals surface area contributed by atoms with Crippen LogP contribution in [0.3, 0.4) is 0 Å². The van der Waals surface area contributed by atoms with Crippen molar-refractivity contribution in [1.29, 1.82) is 0 Å². The number of anilines is 1. The molecule has 1 heterocycles. The number of carboxylic acid groups (broad SMARTS) is 1. The summed E-state index contributed by atoms with van der Waals surface area (Å²) in [7, 11) is 1.62. The Morgan fingerprint density at radius 3 is 2.58 bits per heavy atom. The van der Waals surface area contributed by atoms with E-state index in [9.17, 15) is 4.79 Å². The summed E-state index contributed by atoms with van der Waals surface area (Å²) in [5, 5.41) is 9.31. The lowest BCUT2D eigenvalue weighted by molar-refractivity contribution is 0.0687. The van der Waals surface area contributed by atoms with E-state index in [0.717, 1.165) is 0 Å². The average Bonchev–Trinajstić information content (AvgIpc) is 2.25. The topological polar surface area (TPSA) is 81.1 Å². The average molecular weight is 187 g/mol. The zero-order valence-electron chi connectivity index (χ0n) is 6.74. The van der Waals surface area contributed by atoms with Gasteiger partial charge in [0.25, 0.3) is 0 Å². The van der Waals surface area contributed by atoms with E-state index in [2.05, 4.69) is 4.98 Å². The normalized spacial score (nSPS) is 10.2. The number of carboxylic acids is 1. The number of aromatic carboxylic acids is 1. The summed E-state index contributed by atoms with van der Waals surface area (Å²) in [5.74, 6) is -0.989. The van der Waals surface area contributed by atoms with Crippen molar-refractivity contribution in [3.8, 4) is 0 Å². The van der Waals surface area contributed by atoms with Crippen molar-refractivity contribution >= 4 is 23.5 Å². The summed E-state index contributed by atoms with van der Waals surface area (Å²) in [4.78, 5) is 14.5. The van der Waals surface area contributed by atoms with Crippen LogP contribution in [0.25, 0.3) is 0 Å². The van der Waals surface area contributed by atoms with Gasteiger partial charge in [-0.2, -0.15) is 0 Å². The molecule has 0 aliphatic rings. The molecule has 0 bridgehead atoms. The molecule has 0 radical (unpaired) electrons. The van der Waals surface area contributed by atoms with Gasteiger partial charge in [0, 0.05) is 7.05 Å². The first kappa shape index (κ1) is 8.92. The highest BCUT2D eigenvalue weighted by Gasteiger charge is 2.17. The van der Waals surface area contributed by atoms with Gasteiger partial charge in [-0.25, -0.2) is 9.78 Å². The van der Waals surface area contributed by atoms with E-state index in [4.69, 9.17) is 10.8 Å². The summed E-state index contributed by atoms with van der Waals surface area (Å²) in [5.41, 5.74) is 5.43. The lowest BCUT2D eigenvalue weighted by atomic mass is 10.4. The van der Waals surface area contributed by atoms with Crippen molar-refractivity contribution in [2.75, 3.05) is 12.0 Å². The second-order valence-corrected chi connectivity index (χ2v) is 2.97. The van der Waals surface area contributed by atoms with Crippen LogP contribution in [0.15, 0.2) is 5.16 Å². The van der Waals surface area contributed by atoms with Crippen molar-refractivity contribution in [3.63, 3.8) is 0 Å². The van der Waals surface area contributed by atoms with Gasteiger partial charge in [0.05, 0.1) is 0 Å². The van der Waals surface area contributed by atoms with Gasteiger partial charge in [0.1, 0.15) is 0 Å². The van der Waals surface area contributed by atoms with Gasteiger partial charge in [0.15, 0.2) is 16.7 Å². The molecule has 1 aromatic rings. The Labute approximate surface area is 73.6 Å². The van der Waals surface area contributed by atoms with Gasteiger partial charge >= 0.3 is 5.97 Å². The second-order valence-electron chi connectivity index (χ2n) is 2.20. The Kier molecular flexibility index (Phi) is 2.27. The number of nitrogens with two attached hydrogens (primary N) is 1. The molecule has 0 saturated heterocycles. The van der Waals surface area contributed by atoms with Crippen LogP contribution in [0.2, 0.25) is 0 Å². The smallest absolute Gasteiger partial charge is 0.356 e. The molecular weight excluding hydrogens is 178 g/mol. The molecular formula is C6H9N3O2S. The molecule has 0 aliphatic carbocycles. The first-order valence-corrected chi connectivity index (χ1v) is 4.40. The number of carbonyl (C=O) groups is 1. The fraction of sp³-hybridized carbons (Fsp3) is 0.333. The maximum atomic E-state index is 10.6. The summed E-state index contributed by atoms with van der Waals surface area (Å²) in [6, 6.07) is 0. The number of thioether (sulfide) groups is 1. The summed E-state index contributed by atoms with van der Waals surface area (Å²) in [6.45, 7) is 0. The molecule has 0 fully saturated rings. The molecule has 3 N–H and O–H groups in total. The standard InChI is InChI=1S/C6H9N3O2S/c1-9-3(5(10)11)4(7)8-6(9)12-2/h7H2,1-2H3,(H,10,11). The van der Waals surface area contributed by atoms with Gasteiger partial charge in [0.2, 0.25) is 0 Å². The minimum atomic E-state index is -1.05. The molecule has 0 aromatic carbocycles. The monoisotopic (exact) mass is 187 g/mol. The largest absolute Gasteiger partial charge is 0.476 e. The van der Waals surface area contributed by atoms with E-state index in [1.807, 2.05) is 6.26 Å². The van der Waals surface area contributed by atoms with Gasteiger partial charge in [-0.05, 0) is 6.26 Å². The molecule has 0 amide bonds. The van der Waals surface area contributed by atoms with Crippen molar-refractivity contribution in [2.24, 2.45) is 7.05 Å². The quantitative estimate of drug-likeness (QED) is 0.656. The number of nitrogens with zero attached hydrogens (tertiary/aromatic N) is 2. The summed E-state index contributed by atoms with van der Waals surface area (Å²) in [6.07, 6.45) is 1.81. The van der Waals surface area contributed by atoms with Crippen molar-refractivity contribution in [3.05, 3.63) is 5.69 Å². The van der Waals surface area contributed by atoms with Crippen LogP contribution in [0, 0.1) is 0 Å². The SMILES string of the molecule is CSc1nc(N)c(C(=O)O)n1C. The van der Waals surface area contributed by atoms with Crippen molar-refractivity contribution < 1.29 is 9.90 Å². The molecule has 66 valence electrons. The number of hydrogen-bond donors (Lipinski definition) is 2. The van der Waals surface area contributed by atoms with Crippen LogP contribution in [-0.2, 0) is 7.05 Å². The number of aromatic nitrogens is 2. The maximum absolute atomic E-state index is 10.6. The lowest BCUT2D eigenvalue weighted by Crippen LogP contribution is -2.07. The third-order valence-electron chi connectivity index (χ3n) is 1.47. The third kappa shape index (κ3) is 1.25. The molecule has 0 saturated carbocycles. The minimum absolute atomic E-state index is 0.0411. The van der Waals surface area contributed by atoms with Crippen molar-refractivity contribution in [1.82, 2.24) is 9.55 Å². The van der Waals surface area contributed by atoms with Crippen LogP contribution < -0.4 is 5.73 Å². The first-order chi connectivity index (χ1) is 5.57. The molecule has 0 unspecified atom stereocenters. The lowest BCUT2D eigenvalue weighted by Gasteiger charge is -1.98. The zero-order valence-corrected chi connectivity index (χ0v) is 7.55. The number of hydrogen-bond acceptors (Lipinski definition) is 4. The highest BCUT2D eigenvalue weighted by molar-refractivity contribution is 7.98. The Morgan fingerprint density at radius 1 is 1.75 bits per heavy atom. The van der Waals surface area contributed by atoms with Crippen LogP contribution in [0.4, 0.5) is 5.82 Å². The molecule has 0 aliphatic heterocycles. The Hall–Kier alpha value is -1.17. The molecule has 1 aromatic heterocycles. The fourth-order valence-electron chi connectivity index (χ4n) is 0.934. The van der Waals surface area contributed by atoms with Crippen LogP contribution in [-0.4, -0.2) is 26.9 Å². The predicted molar refractivity (Wildman–Crippen MR) is 46.4 cm³/mol. The zero-order chi connectivity index (χ0) is 9.30. The second kappa shape index (κ2) is 3.06. The Morgan fingerprint density at radius 2 is 2.33 bits per heavy atom. The maximum Gasteiger partial charge on any atom is 0.356 e. The third-order valence-corrected chi connectivity index (χ3v) is 2.20. The van der Waals surface area contributed by atoms with E-state index in [-0.39, 0.29) is 11.5 Å². The van der Waals surface area contributed by atoms with E-state index in [0.29, 0.717) is 5.16 Å². The summed E-state index contributed by atoms with van der Waals surface area (Å²) < 4.78 is 1.46. The summed E-state index contributed by atoms with van der Waals surface area (Å²) >= 11 is 1.36. The van der Waals surface area contributed by atoms with Crippen LogP contribution >= 0.6 is 11.8 Å². The van der Waals surface area contributed by atoms with Crippen LogP contribution in [0.5, 0.6) is 0 Å². The molecule has 12 heavy (non-hydrogen) atoms. The molecule has 1 rings (SSSR count). The first-order valence-electron chi connectivity index (χ1n) is 3.17. The van der Waals surface area contributed by atoms with E-state index >= 15 is 0 Å². The molecule has 0 atom stereocenters. The van der Waals surface area contributed by atoms with Gasteiger partial charge in [-0.3, -0.25) is 0 Å². The molecule has 0 spiro atoms. The molecule has 6 heteroatoms. The fourth-order valence-corrected chi connectivity index (χ4v) is 1.49. The number of rotatable bonds is 2. The van der Waals surface area contributed by atoms with Gasteiger partial charge in [-0.1, -0.05) is 11.8 Å². The number of nitrogen functional groups attached to an aromatic ring is 1. The highest BCUT2D eigenvalue weighted by Crippen LogP contribution is 2.19. The number of imidazole rings is 1. The van der Waals surface area contributed by atoms with E-state index in [1.165, 1.54) is 16.3 Å². The predicted octanol–water partition coefficient (Wildman–Crippen LogP) is 0.422. The Bertz CT molecular complexity index is 321.